The second kappa shape index (κ2) is 6.42. The minimum absolute atomic E-state index is 0.142. The quantitative estimate of drug-likeness (QED) is 0.861. The van der Waals surface area contributed by atoms with Crippen molar-refractivity contribution in [3.05, 3.63) is 29.8 Å². The van der Waals surface area contributed by atoms with E-state index in [1.165, 1.54) is 31.2 Å². The third-order valence-electron chi connectivity index (χ3n) is 4.41. The van der Waals surface area contributed by atoms with Crippen molar-refractivity contribution in [1.29, 1.82) is 0 Å². The summed E-state index contributed by atoms with van der Waals surface area (Å²) in [4.78, 5) is 0. The van der Waals surface area contributed by atoms with Crippen LogP contribution in [0.2, 0.25) is 0 Å². The fourth-order valence-electron chi connectivity index (χ4n) is 3.24. The molecule has 0 spiro atoms. The van der Waals surface area contributed by atoms with Crippen molar-refractivity contribution in [3.63, 3.8) is 0 Å². The van der Waals surface area contributed by atoms with Gasteiger partial charge in [-0.25, -0.2) is 0 Å². The van der Waals surface area contributed by atoms with Gasteiger partial charge in [0, 0.05) is 5.54 Å². The molecule has 1 aliphatic rings. The number of hydrogen-bond donors (Lipinski definition) is 1. The number of ether oxygens (including phenoxy) is 1. The van der Waals surface area contributed by atoms with Gasteiger partial charge >= 0.3 is 0 Å². The van der Waals surface area contributed by atoms with Gasteiger partial charge in [-0.3, -0.25) is 0 Å². The van der Waals surface area contributed by atoms with Crippen molar-refractivity contribution < 1.29 is 4.74 Å². The van der Waals surface area contributed by atoms with Gasteiger partial charge < -0.3 is 10.5 Å². The monoisotopic (exact) mass is 261 g/mol. The van der Waals surface area contributed by atoms with Crippen LogP contribution in [0.15, 0.2) is 24.3 Å². The lowest BCUT2D eigenvalue weighted by atomic mass is 9.72. The molecular formula is C17H27NO. The van der Waals surface area contributed by atoms with Crippen LogP contribution in [-0.2, 0) is 5.54 Å². The average molecular weight is 261 g/mol. The molecule has 2 rings (SSSR count). The molecule has 1 saturated carbocycles. The molecule has 0 bridgehead atoms. The Hall–Kier alpha value is -1.02. The van der Waals surface area contributed by atoms with Gasteiger partial charge in [0.15, 0.2) is 0 Å². The van der Waals surface area contributed by atoms with Gasteiger partial charge in [-0.1, -0.05) is 31.9 Å². The maximum Gasteiger partial charge on any atom is 0.119 e. The Labute approximate surface area is 117 Å². The summed E-state index contributed by atoms with van der Waals surface area (Å²) in [6.07, 6.45) is 7.39. The summed E-state index contributed by atoms with van der Waals surface area (Å²) < 4.78 is 5.59. The van der Waals surface area contributed by atoms with Gasteiger partial charge in [-0.2, -0.15) is 0 Å². The fourth-order valence-corrected chi connectivity index (χ4v) is 3.24. The molecule has 1 aromatic carbocycles. The average Bonchev–Trinajstić information content (AvgIpc) is 2.43. The topological polar surface area (TPSA) is 35.2 Å². The lowest BCUT2D eigenvalue weighted by molar-refractivity contribution is 0.225. The summed E-state index contributed by atoms with van der Waals surface area (Å²) >= 11 is 0. The Morgan fingerprint density at radius 1 is 1.26 bits per heavy atom. The van der Waals surface area contributed by atoms with Crippen molar-refractivity contribution in [3.8, 4) is 5.75 Å². The molecule has 1 aromatic rings. The van der Waals surface area contributed by atoms with E-state index in [0.29, 0.717) is 6.61 Å². The van der Waals surface area contributed by atoms with E-state index < -0.39 is 0 Å². The lowest BCUT2D eigenvalue weighted by Gasteiger charge is -2.37. The van der Waals surface area contributed by atoms with Crippen LogP contribution in [0.1, 0.15) is 57.9 Å². The molecule has 106 valence electrons. The lowest BCUT2D eigenvalue weighted by Crippen LogP contribution is -2.40. The van der Waals surface area contributed by atoms with E-state index in [0.717, 1.165) is 24.5 Å². The van der Waals surface area contributed by atoms with Gasteiger partial charge in [-0.15, -0.1) is 0 Å². The highest BCUT2D eigenvalue weighted by Crippen LogP contribution is 2.39. The number of rotatable bonds is 5. The first-order valence-electron chi connectivity index (χ1n) is 7.70. The Kier molecular flexibility index (Phi) is 4.87. The first-order chi connectivity index (χ1) is 9.18. The first-order valence-corrected chi connectivity index (χ1v) is 7.70. The van der Waals surface area contributed by atoms with Crippen molar-refractivity contribution in [1.82, 2.24) is 0 Å². The van der Waals surface area contributed by atoms with Crippen molar-refractivity contribution in [2.45, 2.75) is 57.9 Å². The Morgan fingerprint density at radius 2 is 2.00 bits per heavy atom. The maximum atomic E-state index is 6.65. The third-order valence-corrected chi connectivity index (χ3v) is 4.41. The molecule has 0 unspecified atom stereocenters. The molecule has 0 radical (unpaired) electrons. The van der Waals surface area contributed by atoms with Gasteiger partial charge in [0.2, 0.25) is 0 Å². The van der Waals surface area contributed by atoms with E-state index >= 15 is 0 Å². The molecule has 1 fully saturated rings. The Balaban J connectivity index is 2.06. The minimum atomic E-state index is -0.142. The molecule has 0 aliphatic heterocycles. The normalized spacial score (nSPS) is 27.2. The van der Waals surface area contributed by atoms with Crippen LogP contribution >= 0.6 is 0 Å². The van der Waals surface area contributed by atoms with Crippen LogP contribution in [-0.4, -0.2) is 6.61 Å². The summed E-state index contributed by atoms with van der Waals surface area (Å²) in [5.41, 5.74) is 7.75. The van der Waals surface area contributed by atoms with Gasteiger partial charge in [-0.05, 0) is 56.2 Å². The van der Waals surface area contributed by atoms with Gasteiger partial charge in [0.1, 0.15) is 5.75 Å². The molecule has 2 nitrogen and oxygen atoms in total. The van der Waals surface area contributed by atoms with Crippen LogP contribution in [0.25, 0.3) is 0 Å². The molecule has 2 heteroatoms. The summed E-state index contributed by atoms with van der Waals surface area (Å²) in [6.45, 7) is 5.00. The van der Waals surface area contributed by atoms with Crippen molar-refractivity contribution in [2.24, 2.45) is 11.7 Å². The van der Waals surface area contributed by atoms with Crippen molar-refractivity contribution in [2.75, 3.05) is 6.61 Å². The van der Waals surface area contributed by atoms with Crippen LogP contribution in [0.4, 0.5) is 0 Å². The van der Waals surface area contributed by atoms with E-state index in [1.807, 2.05) is 13.0 Å². The highest BCUT2D eigenvalue weighted by molar-refractivity contribution is 5.33. The van der Waals surface area contributed by atoms with Crippen LogP contribution in [0.3, 0.4) is 0 Å². The third kappa shape index (κ3) is 3.50. The second-order valence-corrected chi connectivity index (χ2v) is 5.85. The van der Waals surface area contributed by atoms with Gasteiger partial charge in [0.05, 0.1) is 6.61 Å². The second-order valence-electron chi connectivity index (χ2n) is 5.85. The van der Waals surface area contributed by atoms with Crippen LogP contribution < -0.4 is 10.5 Å². The first kappa shape index (κ1) is 14.4. The highest BCUT2D eigenvalue weighted by atomic mass is 16.5. The molecule has 1 aliphatic carbocycles. The Morgan fingerprint density at radius 3 is 2.63 bits per heavy atom. The minimum Gasteiger partial charge on any atom is -0.494 e. The van der Waals surface area contributed by atoms with E-state index in [4.69, 9.17) is 10.5 Å². The number of benzene rings is 1. The SMILES string of the molecule is CCCC1CCC(N)(c2cccc(OCC)c2)CC1. The van der Waals surface area contributed by atoms with Crippen LogP contribution in [0.5, 0.6) is 5.75 Å². The molecule has 0 amide bonds. The Bertz CT molecular complexity index is 394. The molecule has 2 N–H and O–H groups in total. The van der Waals surface area contributed by atoms with E-state index in [-0.39, 0.29) is 5.54 Å². The van der Waals surface area contributed by atoms with E-state index in [2.05, 4.69) is 25.1 Å². The molecule has 0 heterocycles. The zero-order chi connectivity index (χ0) is 13.7. The zero-order valence-electron chi connectivity index (χ0n) is 12.3. The summed E-state index contributed by atoms with van der Waals surface area (Å²) in [7, 11) is 0. The molecule has 0 aromatic heterocycles. The zero-order valence-corrected chi connectivity index (χ0v) is 12.3. The predicted molar refractivity (Wildman–Crippen MR) is 80.3 cm³/mol. The van der Waals surface area contributed by atoms with Crippen LogP contribution in [0, 0.1) is 5.92 Å². The fraction of sp³-hybridized carbons (Fsp3) is 0.647. The largest absolute Gasteiger partial charge is 0.494 e. The predicted octanol–water partition coefficient (Wildman–Crippen LogP) is 4.23. The molecule has 0 atom stereocenters. The molecular weight excluding hydrogens is 234 g/mol. The standard InChI is InChI=1S/C17H27NO/c1-3-6-14-9-11-17(18,12-10-14)15-7-5-8-16(13-15)19-4-2/h5,7-8,13-14H,3-4,6,9-12,18H2,1-2H3. The number of nitrogens with two attached hydrogens (primary N) is 1. The summed E-state index contributed by atoms with van der Waals surface area (Å²) in [5, 5.41) is 0. The van der Waals surface area contributed by atoms with Crippen molar-refractivity contribution >= 4 is 0 Å². The van der Waals surface area contributed by atoms with E-state index in [9.17, 15) is 0 Å². The number of hydrogen-bond acceptors (Lipinski definition) is 2. The maximum absolute atomic E-state index is 6.65. The smallest absolute Gasteiger partial charge is 0.119 e. The van der Waals surface area contributed by atoms with E-state index in [1.54, 1.807) is 0 Å². The summed E-state index contributed by atoms with van der Waals surface area (Å²) in [6, 6.07) is 8.36. The summed E-state index contributed by atoms with van der Waals surface area (Å²) in [5.74, 6) is 1.83. The molecule has 19 heavy (non-hydrogen) atoms. The van der Waals surface area contributed by atoms with Gasteiger partial charge in [0.25, 0.3) is 0 Å². The highest BCUT2D eigenvalue weighted by Gasteiger charge is 2.33. The molecule has 0 saturated heterocycles.